The SMILES string of the molecule is Clc1ccc(Oc2nnc(Cc3ccccc3)c3ccccc23)cc1. The monoisotopic (exact) mass is 346 g/mol. The minimum Gasteiger partial charge on any atom is -0.437 e. The van der Waals surface area contributed by atoms with Gasteiger partial charge in [0.1, 0.15) is 5.75 Å². The van der Waals surface area contributed by atoms with E-state index in [9.17, 15) is 0 Å². The van der Waals surface area contributed by atoms with Crippen LogP contribution < -0.4 is 4.74 Å². The van der Waals surface area contributed by atoms with E-state index < -0.39 is 0 Å². The number of halogens is 1. The summed E-state index contributed by atoms with van der Waals surface area (Å²) in [4.78, 5) is 0. The van der Waals surface area contributed by atoms with Crippen LogP contribution in [0.15, 0.2) is 78.9 Å². The Balaban J connectivity index is 1.72. The van der Waals surface area contributed by atoms with Crippen molar-refractivity contribution in [2.75, 3.05) is 0 Å². The van der Waals surface area contributed by atoms with Gasteiger partial charge in [-0.1, -0.05) is 60.1 Å². The third-order valence-corrected chi connectivity index (χ3v) is 4.22. The number of hydrogen-bond donors (Lipinski definition) is 0. The molecule has 3 nitrogen and oxygen atoms in total. The van der Waals surface area contributed by atoms with Crippen LogP contribution in [0, 0.1) is 0 Å². The van der Waals surface area contributed by atoms with Crippen LogP contribution in [0.1, 0.15) is 11.3 Å². The predicted molar refractivity (Wildman–Crippen MR) is 100 cm³/mol. The molecule has 1 heterocycles. The molecule has 1 aromatic heterocycles. The van der Waals surface area contributed by atoms with Gasteiger partial charge in [0.2, 0.25) is 5.88 Å². The Morgan fingerprint density at radius 2 is 1.40 bits per heavy atom. The second kappa shape index (κ2) is 6.91. The molecule has 0 amide bonds. The molecule has 122 valence electrons. The summed E-state index contributed by atoms with van der Waals surface area (Å²) < 4.78 is 5.92. The van der Waals surface area contributed by atoms with E-state index in [0.717, 1.165) is 22.9 Å². The first-order valence-electron chi connectivity index (χ1n) is 8.01. The molecule has 0 fully saturated rings. The number of ether oxygens (including phenoxy) is 1. The van der Waals surface area contributed by atoms with Crippen LogP contribution in [0.3, 0.4) is 0 Å². The number of fused-ring (bicyclic) bond motifs is 1. The quantitative estimate of drug-likeness (QED) is 0.477. The lowest BCUT2D eigenvalue weighted by Crippen LogP contribution is -1.99. The molecule has 0 atom stereocenters. The Labute approximate surface area is 150 Å². The first-order chi connectivity index (χ1) is 12.3. The molecule has 4 aromatic rings. The maximum atomic E-state index is 5.92. The maximum absolute atomic E-state index is 5.92. The summed E-state index contributed by atoms with van der Waals surface area (Å²) in [5, 5.41) is 11.4. The van der Waals surface area contributed by atoms with Gasteiger partial charge in [-0.05, 0) is 35.9 Å². The fourth-order valence-electron chi connectivity index (χ4n) is 2.74. The van der Waals surface area contributed by atoms with Crippen molar-refractivity contribution in [3.05, 3.63) is 95.1 Å². The Kier molecular flexibility index (Phi) is 4.32. The standard InChI is InChI=1S/C21H15ClN2O/c22-16-10-12-17(13-11-16)25-21-19-9-5-4-8-18(19)20(23-24-21)14-15-6-2-1-3-7-15/h1-13H,14H2. The molecule has 0 saturated carbocycles. The Hall–Kier alpha value is -2.91. The van der Waals surface area contributed by atoms with E-state index in [0.29, 0.717) is 16.7 Å². The van der Waals surface area contributed by atoms with E-state index in [1.807, 2.05) is 48.5 Å². The first-order valence-corrected chi connectivity index (χ1v) is 8.39. The second-order valence-electron chi connectivity index (χ2n) is 5.72. The third kappa shape index (κ3) is 3.47. The summed E-state index contributed by atoms with van der Waals surface area (Å²) in [6.45, 7) is 0. The fourth-order valence-corrected chi connectivity index (χ4v) is 2.87. The van der Waals surface area contributed by atoms with Crippen LogP contribution in [0.4, 0.5) is 0 Å². The van der Waals surface area contributed by atoms with Gasteiger partial charge in [0.15, 0.2) is 0 Å². The molecule has 0 saturated heterocycles. The zero-order valence-electron chi connectivity index (χ0n) is 13.4. The highest BCUT2D eigenvalue weighted by atomic mass is 35.5. The number of aromatic nitrogens is 2. The smallest absolute Gasteiger partial charge is 0.246 e. The summed E-state index contributed by atoms with van der Waals surface area (Å²) >= 11 is 5.92. The highest BCUT2D eigenvalue weighted by molar-refractivity contribution is 6.30. The van der Waals surface area contributed by atoms with Gasteiger partial charge >= 0.3 is 0 Å². The Morgan fingerprint density at radius 3 is 2.16 bits per heavy atom. The van der Waals surface area contributed by atoms with Crippen LogP contribution in [0.25, 0.3) is 10.8 Å². The number of rotatable bonds is 4. The molecule has 0 bridgehead atoms. The topological polar surface area (TPSA) is 35.0 Å². The van der Waals surface area contributed by atoms with E-state index in [2.05, 4.69) is 28.4 Å². The number of hydrogen-bond acceptors (Lipinski definition) is 3. The van der Waals surface area contributed by atoms with E-state index in [-0.39, 0.29) is 0 Å². The summed E-state index contributed by atoms with van der Waals surface area (Å²) in [5.74, 6) is 1.18. The van der Waals surface area contributed by atoms with Crippen LogP contribution >= 0.6 is 11.6 Å². The Morgan fingerprint density at radius 1 is 0.720 bits per heavy atom. The summed E-state index contributed by atoms with van der Waals surface area (Å²) in [5.41, 5.74) is 2.14. The molecule has 0 aliphatic heterocycles. The molecule has 0 aliphatic rings. The molecule has 0 unspecified atom stereocenters. The number of nitrogens with zero attached hydrogens (tertiary/aromatic N) is 2. The van der Waals surface area contributed by atoms with Gasteiger partial charge < -0.3 is 4.74 Å². The average Bonchev–Trinajstić information content (AvgIpc) is 2.66. The van der Waals surface area contributed by atoms with E-state index in [1.165, 1.54) is 5.56 Å². The minimum absolute atomic E-state index is 0.495. The third-order valence-electron chi connectivity index (χ3n) is 3.97. The van der Waals surface area contributed by atoms with Crippen molar-refractivity contribution in [1.82, 2.24) is 10.2 Å². The lowest BCUT2D eigenvalue weighted by Gasteiger charge is -2.10. The highest BCUT2D eigenvalue weighted by Gasteiger charge is 2.11. The fraction of sp³-hybridized carbons (Fsp3) is 0.0476. The normalized spacial score (nSPS) is 10.8. The molecule has 0 radical (unpaired) electrons. The van der Waals surface area contributed by atoms with E-state index in [1.54, 1.807) is 12.1 Å². The molecule has 0 N–H and O–H groups in total. The summed E-state index contributed by atoms with van der Waals surface area (Å²) in [6.07, 6.45) is 0.732. The largest absolute Gasteiger partial charge is 0.437 e. The molecule has 25 heavy (non-hydrogen) atoms. The van der Waals surface area contributed by atoms with Gasteiger partial charge in [-0.15, -0.1) is 5.10 Å². The van der Waals surface area contributed by atoms with Gasteiger partial charge in [-0.25, -0.2) is 0 Å². The van der Waals surface area contributed by atoms with Crippen molar-refractivity contribution in [3.8, 4) is 11.6 Å². The zero-order chi connectivity index (χ0) is 17.1. The van der Waals surface area contributed by atoms with Crippen molar-refractivity contribution in [1.29, 1.82) is 0 Å². The van der Waals surface area contributed by atoms with Crippen molar-refractivity contribution in [3.63, 3.8) is 0 Å². The van der Waals surface area contributed by atoms with Crippen molar-refractivity contribution in [2.24, 2.45) is 0 Å². The first kappa shape index (κ1) is 15.6. The highest BCUT2D eigenvalue weighted by Crippen LogP contribution is 2.30. The molecule has 3 aromatic carbocycles. The molecular weight excluding hydrogens is 332 g/mol. The van der Waals surface area contributed by atoms with Crippen molar-refractivity contribution < 1.29 is 4.74 Å². The maximum Gasteiger partial charge on any atom is 0.246 e. The van der Waals surface area contributed by atoms with Gasteiger partial charge in [0.05, 0.1) is 5.69 Å². The van der Waals surface area contributed by atoms with Crippen molar-refractivity contribution >= 4 is 22.4 Å². The van der Waals surface area contributed by atoms with Crippen LogP contribution in [-0.2, 0) is 6.42 Å². The lowest BCUT2D eigenvalue weighted by molar-refractivity contribution is 0.461. The molecule has 0 aliphatic carbocycles. The van der Waals surface area contributed by atoms with E-state index >= 15 is 0 Å². The van der Waals surface area contributed by atoms with Gasteiger partial charge in [-0.2, -0.15) is 5.10 Å². The Bertz CT molecular complexity index is 1000. The van der Waals surface area contributed by atoms with Gasteiger partial charge in [0.25, 0.3) is 0 Å². The summed E-state index contributed by atoms with van der Waals surface area (Å²) in [6, 6.07) is 25.5. The van der Waals surface area contributed by atoms with Gasteiger partial charge in [-0.3, -0.25) is 0 Å². The van der Waals surface area contributed by atoms with Gasteiger partial charge in [0, 0.05) is 22.2 Å². The van der Waals surface area contributed by atoms with E-state index in [4.69, 9.17) is 16.3 Å². The van der Waals surface area contributed by atoms with Crippen LogP contribution in [0.5, 0.6) is 11.6 Å². The minimum atomic E-state index is 0.495. The molecular formula is C21H15ClN2O. The van der Waals surface area contributed by atoms with Crippen molar-refractivity contribution in [2.45, 2.75) is 6.42 Å². The molecule has 4 rings (SSSR count). The molecule has 0 spiro atoms. The van der Waals surface area contributed by atoms with Crippen LogP contribution in [-0.4, -0.2) is 10.2 Å². The zero-order valence-corrected chi connectivity index (χ0v) is 14.1. The summed E-state index contributed by atoms with van der Waals surface area (Å²) in [7, 11) is 0. The lowest BCUT2D eigenvalue weighted by atomic mass is 10.0. The second-order valence-corrected chi connectivity index (χ2v) is 6.15. The average molecular weight is 347 g/mol. The predicted octanol–water partition coefficient (Wildman–Crippen LogP) is 5.67. The van der Waals surface area contributed by atoms with Crippen LogP contribution in [0.2, 0.25) is 5.02 Å². The number of benzene rings is 3. The molecule has 4 heteroatoms.